The number of aliphatic hydroxyl groups excluding tert-OH is 1. The molecule has 2 heteroatoms. The molecule has 0 heterocycles. The van der Waals surface area contributed by atoms with Crippen LogP contribution in [0.5, 0.6) is 0 Å². The highest BCUT2D eigenvalue weighted by Crippen LogP contribution is 1.94. The highest BCUT2D eigenvalue weighted by Gasteiger charge is 2.04. The van der Waals surface area contributed by atoms with Gasteiger partial charge in [-0.1, -0.05) is 55.4 Å². The summed E-state index contributed by atoms with van der Waals surface area (Å²) < 4.78 is 0. The molecule has 0 radical (unpaired) electrons. The summed E-state index contributed by atoms with van der Waals surface area (Å²) in [6.07, 6.45) is 0.827. The predicted octanol–water partition coefficient (Wildman–Crippen LogP) is 4.14. The highest BCUT2D eigenvalue weighted by molar-refractivity contribution is 4.52. The Morgan fingerprint density at radius 3 is 1.33 bits per heavy atom. The zero-order valence-corrected chi connectivity index (χ0v) is 12.6. The van der Waals surface area contributed by atoms with E-state index in [1.165, 1.54) is 0 Å². The summed E-state index contributed by atoms with van der Waals surface area (Å²) in [6, 6.07) is 0. The Kier molecular flexibility index (Phi) is 47.2. The number of rotatable bonds is 4. The molecule has 0 aliphatic heterocycles. The summed E-state index contributed by atoms with van der Waals surface area (Å²) in [6.45, 7) is 19.9. The van der Waals surface area contributed by atoms with Gasteiger partial charge in [0.05, 0.1) is 0 Å². The maximum atomic E-state index is 9.07. The monoisotopic (exact) mass is 221 g/mol. The smallest absolute Gasteiger partial charge is 0.104 e. The summed E-state index contributed by atoms with van der Waals surface area (Å²) >= 11 is 0. The Bertz CT molecular complexity index is 65.6. The second-order valence-corrected chi connectivity index (χ2v) is 2.26. The van der Waals surface area contributed by atoms with E-state index in [9.17, 15) is 0 Å². The topological polar surface area (TPSA) is 23.5 Å². The quantitative estimate of drug-likeness (QED) is 0.721. The second-order valence-electron chi connectivity index (χ2n) is 2.26. The molecule has 0 spiro atoms. The Morgan fingerprint density at radius 2 is 1.27 bits per heavy atom. The van der Waals surface area contributed by atoms with E-state index in [1.54, 1.807) is 6.92 Å². The third kappa shape index (κ3) is 24.9. The van der Waals surface area contributed by atoms with Gasteiger partial charge in [0.2, 0.25) is 0 Å². The van der Waals surface area contributed by atoms with Crippen molar-refractivity contribution in [1.82, 2.24) is 4.90 Å². The number of hydrogen-bond acceptors (Lipinski definition) is 2. The molecular formula is C13H35NO. The molecular weight excluding hydrogens is 186 g/mol. The molecule has 0 aliphatic rings. The molecule has 0 rings (SSSR count). The molecule has 98 valence electrons. The average Bonchev–Trinajstić information content (AvgIpc) is 2.33. The lowest BCUT2D eigenvalue weighted by Crippen LogP contribution is -2.33. The fourth-order valence-electron chi connectivity index (χ4n) is 0.896. The van der Waals surface area contributed by atoms with E-state index < -0.39 is 0 Å². The van der Waals surface area contributed by atoms with Gasteiger partial charge in [-0.25, -0.2) is 0 Å². The Labute approximate surface area is 98.7 Å². The minimum absolute atomic E-state index is 0.282. The molecule has 15 heavy (non-hydrogen) atoms. The van der Waals surface area contributed by atoms with Gasteiger partial charge in [0.15, 0.2) is 0 Å². The molecule has 0 aromatic rings. The van der Waals surface area contributed by atoms with Crippen LogP contribution in [0.3, 0.4) is 0 Å². The fraction of sp³-hybridized carbons (Fsp3) is 1.00. The zero-order valence-electron chi connectivity index (χ0n) is 12.6. The van der Waals surface area contributed by atoms with Crippen LogP contribution in [0, 0.1) is 0 Å². The molecule has 1 N–H and O–H groups in total. The van der Waals surface area contributed by atoms with Crippen LogP contribution in [0.2, 0.25) is 0 Å². The van der Waals surface area contributed by atoms with Crippen LogP contribution < -0.4 is 0 Å². The van der Waals surface area contributed by atoms with Crippen LogP contribution >= 0.6 is 0 Å². The first-order chi connectivity index (χ1) is 7.22. The van der Waals surface area contributed by atoms with Crippen molar-refractivity contribution >= 4 is 0 Å². The molecule has 1 unspecified atom stereocenters. The Balaban J connectivity index is -0.0000000860. The third-order valence-corrected chi connectivity index (χ3v) is 1.45. The van der Waals surface area contributed by atoms with E-state index in [1.807, 2.05) is 46.4 Å². The van der Waals surface area contributed by atoms with Gasteiger partial charge in [0, 0.05) is 6.54 Å². The van der Waals surface area contributed by atoms with Gasteiger partial charge in [-0.15, -0.1) is 0 Å². The van der Waals surface area contributed by atoms with E-state index in [-0.39, 0.29) is 6.23 Å². The molecule has 1 atom stereocenters. The van der Waals surface area contributed by atoms with Crippen molar-refractivity contribution in [3.05, 3.63) is 0 Å². The van der Waals surface area contributed by atoms with E-state index in [0.29, 0.717) is 0 Å². The normalized spacial score (nSPS) is 9.80. The lowest BCUT2D eigenvalue weighted by Gasteiger charge is -2.22. The SMILES string of the molecule is CC.CC.CC.CCCN(CC)C(C)O. The maximum absolute atomic E-state index is 9.07. The summed E-state index contributed by atoms with van der Waals surface area (Å²) in [4.78, 5) is 2.03. The molecule has 0 saturated carbocycles. The van der Waals surface area contributed by atoms with Gasteiger partial charge in [-0.3, -0.25) is 4.90 Å². The van der Waals surface area contributed by atoms with Crippen molar-refractivity contribution < 1.29 is 5.11 Å². The molecule has 0 aromatic carbocycles. The number of hydrogen-bond donors (Lipinski definition) is 1. The number of nitrogens with zero attached hydrogens (tertiary/aromatic N) is 1. The van der Waals surface area contributed by atoms with Crippen molar-refractivity contribution in [1.29, 1.82) is 0 Å². The molecule has 0 aliphatic carbocycles. The van der Waals surface area contributed by atoms with Gasteiger partial charge in [-0.2, -0.15) is 0 Å². The first kappa shape index (κ1) is 24.2. The standard InChI is InChI=1S/C7H17NO.3C2H6/c1-4-6-8(5-2)7(3)9;3*1-2/h7,9H,4-6H2,1-3H3;3*1-2H3. The first-order valence-corrected chi connectivity index (χ1v) is 6.64. The van der Waals surface area contributed by atoms with Crippen molar-refractivity contribution in [2.24, 2.45) is 0 Å². The fourth-order valence-corrected chi connectivity index (χ4v) is 0.896. The Morgan fingerprint density at radius 1 is 0.933 bits per heavy atom. The minimum atomic E-state index is -0.282. The van der Waals surface area contributed by atoms with E-state index in [2.05, 4.69) is 13.8 Å². The summed E-state index contributed by atoms with van der Waals surface area (Å²) in [5.41, 5.74) is 0. The third-order valence-electron chi connectivity index (χ3n) is 1.45. The van der Waals surface area contributed by atoms with Crippen LogP contribution in [0.25, 0.3) is 0 Å². The largest absolute Gasteiger partial charge is 0.379 e. The lowest BCUT2D eigenvalue weighted by molar-refractivity contribution is 0.0227. The van der Waals surface area contributed by atoms with Gasteiger partial charge < -0.3 is 5.11 Å². The van der Waals surface area contributed by atoms with E-state index in [0.717, 1.165) is 19.5 Å². The minimum Gasteiger partial charge on any atom is -0.379 e. The van der Waals surface area contributed by atoms with Crippen molar-refractivity contribution in [3.8, 4) is 0 Å². The zero-order chi connectivity index (χ0) is 13.3. The molecule has 0 aromatic heterocycles. The van der Waals surface area contributed by atoms with Gasteiger partial charge in [0.25, 0.3) is 0 Å². The van der Waals surface area contributed by atoms with Crippen molar-refractivity contribution in [3.63, 3.8) is 0 Å². The first-order valence-electron chi connectivity index (χ1n) is 6.64. The van der Waals surface area contributed by atoms with Crippen molar-refractivity contribution in [2.75, 3.05) is 13.1 Å². The molecule has 0 amide bonds. The van der Waals surface area contributed by atoms with Gasteiger partial charge in [-0.05, 0) is 19.9 Å². The van der Waals surface area contributed by atoms with E-state index >= 15 is 0 Å². The highest BCUT2D eigenvalue weighted by atomic mass is 16.3. The maximum Gasteiger partial charge on any atom is 0.104 e. The molecule has 0 saturated heterocycles. The molecule has 2 nitrogen and oxygen atoms in total. The van der Waals surface area contributed by atoms with Gasteiger partial charge >= 0.3 is 0 Å². The molecule has 0 bridgehead atoms. The predicted molar refractivity (Wildman–Crippen MR) is 73.3 cm³/mol. The summed E-state index contributed by atoms with van der Waals surface area (Å²) in [5, 5.41) is 9.07. The van der Waals surface area contributed by atoms with Crippen molar-refractivity contribution in [2.45, 2.75) is 75.0 Å². The lowest BCUT2D eigenvalue weighted by atomic mass is 10.4. The van der Waals surface area contributed by atoms with Gasteiger partial charge in [0.1, 0.15) is 6.23 Å². The second kappa shape index (κ2) is 29.2. The summed E-state index contributed by atoms with van der Waals surface area (Å²) in [7, 11) is 0. The number of aliphatic hydroxyl groups is 1. The molecule has 0 fully saturated rings. The Hall–Kier alpha value is -0.0800. The van der Waals surface area contributed by atoms with Crippen LogP contribution in [-0.4, -0.2) is 29.3 Å². The summed E-state index contributed by atoms with van der Waals surface area (Å²) in [5.74, 6) is 0. The van der Waals surface area contributed by atoms with E-state index in [4.69, 9.17) is 5.11 Å². The van der Waals surface area contributed by atoms with Crippen LogP contribution in [-0.2, 0) is 0 Å². The van der Waals surface area contributed by atoms with Crippen LogP contribution in [0.15, 0.2) is 0 Å². The van der Waals surface area contributed by atoms with Crippen LogP contribution in [0.1, 0.15) is 68.7 Å². The van der Waals surface area contributed by atoms with Crippen LogP contribution in [0.4, 0.5) is 0 Å². The average molecular weight is 221 g/mol.